The molecule has 0 unspecified atom stereocenters. The Bertz CT molecular complexity index is 1060. The Morgan fingerprint density at radius 1 is 1.03 bits per heavy atom. The highest BCUT2D eigenvalue weighted by Crippen LogP contribution is 2.34. The summed E-state index contributed by atoms with van der Waals surface area (Å²) in [6.45, 7) is 21.1. The number of nitrogens with zero attached hydrogens (tertiary/aromatic N) is 3. The van der Waals surface area contributed by atoms with Crippen molar-refractivity contribution in [2.24, 2.45) is 0 Å². The largest absolute Gasteiger partial charge is 0.345 e. The molecule has 31 heavy (non-hydrogen) atoms. The van der Waals surface area contributed by atoms with Crippen LogP contribution in [0.5, 0.6) is 0 Å². The molecule has 0 spiro atoms. The Balaban J connectivity index is 2.22. The molecule has 3 aromatic rings. The van der Waals surface area contributed by atoms with E-state index in [0.29, 0.717) is 5.92 Å². The smallest absolute Gasteiger partial charge is 0.141 e. The number of aromatic nitrogens is 2. The van der Waals surface area contributed by atoms with Crippen LogP contribution in [-0.4, -0.2) is 21.0 Å². The van der Waals surface area contributed by atoms with Crippen molar-refractivity contribution in [3.8, 4) is 11.4 Å². The van der Waals surface area contributed by atoms with Crippen molar-refractivity contribution in [1.29, 1.82) is 0 Å². The van der Waals surface area contributed by atoms with Crippen molar-refractivity contribution in [3.63, 3.8) is 0 Å². The highest BCUT2D eigenvalue weighted by Gasteiger charge is 2.23. The van der Waals surface area contributed by atoms with Crippen molar-refractivity contribution in [3.05, 3.63) is 96.0 Å². The number of rotatable bonds is 9. The van der Waals surface area contributed by atoms with E-state index in [1.54, 1.807) is 0 Å². The molecule has 0 aliphatic heterocycles. The summed E-state index contributed by atoms with van der Waals surface area (Å²) < 4.78 is 2.33. The average molecular weight is 414 g/mol. The van der Waals surface area contributed by atoms with Crippen molar-refractivity contribution in [2.45, 2.75) is 53.5 Å². The molecule has 0 saturated heterocycles. The standard InChI is InChI=1S/C28H35N3/c1-8-18-30(21(4)5)23(7)27-22(6)29-28(26-17-13-12-16-25(26)20(2)3)31(27)19-24-14-10-9-11-15-24/h9-17,20H,4,7-8,18-19H2,1-3,5-6H3. The second-order valence-corrected chi connectivity index (χ2v) is 8.52. The van der Waals surface area contributed by atoms with Crippen molar-refractivity contribution in [1.82, 2.24) is 14.5 Å². The molecule has 0 aliphatic carbocycles. The Morgan fingerprint density at radius 2 is 1.68 bits per heavy atom. The number of benzene rings is 2. The molecule has 0 aliphatic rings. The molecular formula is C28H35N3. The second kappa shape index (κ2) is 9.82. The Morgan fingerprint density at radius 3 is 2.29 bits per heavy atom. The van der Waals surface area contributed by atoms with Crippen LogP contribution in [0, 0.1) is 6.92 Å². The first-order valence-electron chi connectivity index (χ1n) is 11.2. The van der Waals surface area contributed by atoms with E-state index in [9.17, 15) is 0 Å². The maximum absolute atomic E-state index is 5.09. The second-order valence-electron chi connectivity index (χ2n) is 8.52. The fourth-order valence-electron chi connectivity index (χ4n) is 4.18. The molecule has 1 aromatic heterocycles. The summed E-state index contributed by atoms with van der Waals surface area (Å²) in [7, 11) is 0. The van der Waals surface area contributed by atoms with Crippen molar-refractivity contribution in [2.75, 3.05) is 6.54 Å². The quantitative estimate of drug-likeness (QED) is 0.368. The van der Waals surface area contributed by atoms with Crippen LogP contribution in [0.15, 0.2) is 73.5 Å². The SMILES string of the molecule is C=C(C)N(CCC)C(=C)c1c(C)nc(-c2ccccc2C(C)C)n1Cc1ccccc1. The van der Waals surface area contributed by atoms with E-state index in [1.807, 2.05) is 6.92 Å². The third kappa shape index (κ3) is 4.82. The van der Waals surface area contributed by atoms with Crippen LogP contribution in [0.25, 0.3) is 17.1 Å². The first kappa shape index (κ1) is 22.6. The van der Waals surface area contributed by atoms with Crippen LogP contribution in [0.1, 0.15) is 62.5 Å². The molecule has 3 nitrogen and oxygen atoms in total. The van der Waals surface area contributed by atoms with Gasteiger partial charge in [0, 0.05) is 24.4 Å². The summed E-state index contributed by atoms with van der Waals surface area (Å²) in [6.07, 6.45) is 1.03. The monoisotopic (exact) mass is 413 g/mol. The Labute approximate surface area is 187 Å². The average Bonchev–Trinajstić information content (AvgIpc) is 3.07. The van der Waals surface area contributed by atoms with Gasteiger partial charge in [-0.3, -0.25) is 0 Å². The van der Waals surface area contributed by atoms with E-state index in [1.165, 1.54) is 16.7 Å². The first-order chi connectivity index (χ1) is 14.8. The molecule has 162 valence electrons. The molecule has 0 fully saturated rings. The fourth-order valence-corrected chi connectivity index (χ4v) is 4.18. The van der Waals surface area contributed by atoms with Crippen LogP contribution in [0.3, 0.4) is 0 Å². The minimum atomic E-state index is 0.414. The molecule has 3 rings (SSSR count). The molecule has 0 saturated carbocycles. The summed E-state index contributed by atoms with van der Waals surface area (Å²) >= 11 is 0. The summed E-state index contributed by atoms with van der Waals surface area (Å²) in [5, 5.41) is 0. The van der Waals surface area contributed by atoms with Gasteiger partial charge in [-0.2, -0.15) is 0 Å². The normalized spacial score (nSPS) is 11.0. The molecule has 0 atom stereocenters. The third-order valence-corrected chi connectivity index (χ3v) is 5.66. The third-order valence-electron chi connectivity index (χ3n) is 5.66. The van der Waals surface area contributed by atoms with Crippen molar-refractivity contribution >= 4 is 5.70 Å². The minimum Gasteiger partial charge on any atom is -0.345 e. The molecule has 2 aromatic carbocycles. The van der Waals surface area contributed by atoms with Gasteiger partial charge in [-0.1, -0.05) is 88.5 Å². The van der Waals surface area contributed by atoms with Gasteiger partial charge >= 0.3 is 0 Å². The fraction of sp³-hybridized carbons (Fsp3) is 0.321. The minimum absolute atomic E-state index is 0.414. The summed E-state index contributed by atoms with van der Waals surface area (Å²) in [4.78, 5) is 7.30. The number of aryl methyl sites for hydroxylation is 1. The zero-order valence-corrected chi connectivity index (χ0v) is 19.7. The number of allylic oxidation sites excluding steroid dienone is 1. The van der Waals surface area contributed by atoms with E-state index < -0.39 is 0 Å². The van der Waals surface area contributed by atoms with E-state index in [0.717, 1.165) is 48.1 Å². The molecule has 0 bridgehead atoms. The van der Waals surface area contributed by atoms with Crippen molar-refractivity contribution < 1.29 is 0 Å². The lowest BCUT2D eigenvalue weighted by Crippen LogP contribution is -2.22. The van der Waals surface area contributed by atoms with Gasteiger partial charge in [0.25, 0.3) is 0 Å². The predicted octanol–water partition coefficient (Wildman–Crippen LogP) is 7.25. The van der Waals surface area contributed by atoms with Crippen LogP contribution >= 0.6 is 0 Å². The maximum Gasteiger partial charge on any atom is 0.141 e. The maximum atomic E-state index is 5.09. The van der Waals surface area contributed by atoms with Gasteiger partial charge in [0.1, 0.15) is 5.82 Å². The van der Waals surface area contributed by atoms with Crippen LogP contribution in [-0.2, 0) is 6.54 Å². The molecule has 3 heteroatoms. The zero-order chi connectivity index (χ0) is 22.5. The predicted molar refractivity (Wildman–Crippen MR) is 133 cm³/mol. The summed E-state index contributed by atoms with van der Waals surface area (Å²) in [6, 6.07) is 19.2. The molecule has 0 N–H and O–H groups in total. The highest BCUT2D eigenvalue weighted by molar-refractivity contribution is 5.70. The van der Waals surface area contributed by atoms with Gasteiger partial charge in [0.2, 0.25) is 0 Å². The lowest BCUT2D eigenvalue weighted by Gasteiger charge is -2.28. The van der Waals surface area contributed by atoms with E-state index in [4.69, 9.17) is 4.98 Å². The van der Waals surface area contributed by atoms with E-state index in [-0.39, 0.29) is 0 Å². The molecule has 1 heterocycles. The summed E-state index contributed by atoms with van der Waals surface area (Å²) in [5.74, 6) is 1.41. The first-order valence-corrected chi connectivity index (χ1v) is 11.2. The van der Waals surface area contributed by atoms with Gasteiger partial charge in [0.15, 0.2) is 0 Å². The Hall–Kier alpha value is -3.07. The molecule has 0 amide bonds. The lowest BCUT2D eigenvalue weighted by molar-refractivity contribution is 0.483. The number of hydrogen-bond donors (Lipinski definition) is 0. The van der Waals surface area contributed by atoms with Gasteiger partial charge < -0.3 is 9.47 Å². The summed E-state index contributed by atoms with van der Waals surface area (Å²) in [5.41, 5.74) is 7.78. The van der Waals surface area contributed by atoms with Crippen LogP contribution in [0.2, 0.25) is 0 Å². The lowest BCUT2D eigenvalue weighted by atomic mass is 9.97. The van der Waals surface area contributed by atoms with Gasteiger partial charge in [0.05, 0.1) is 17.1 Å². The van der Waals surface area contributed by atoms with Crippen LogP contribution in [0.4, 0.5) is 0 Å². The van der Waals surface area contributed by atoms with Gasteiger partial charge in [-0.15, -0.1) is 0 Å². The number of hydrogen-bond acceptors (Lipinski definition) is 2. The zero-order valence-electron chi connectivity index (χ0n) is 19.7. The van der Waals surface area contributed by atoms with Gasteiger partial charge in [-0.05, 0) is 37.3 Å². The number of imidazole rings is 1. The van der Waals surface area contributed by atoms with Gasteiger partial charge in [-0.25, -0.2) is 4.98 Å². The van der Waals surface area contributed by atoms with E-state index >= 15 is 0 Å². The Kier molecular flexibility index (Phi) is 7.17. The highest BCUT2D eigenvalue weighted by atomic mass is 15.2. The van der Waals surface area contributed by atoms with Crippen LogP contribution < -0.4 is 0 Å². The van der Waals surface area contributed by atoms with E-state index in [2.05, 4.69) is 105 Å². The molecule has 0 radical (unpaired) electrons. The molecular weight excluding hydrogens is 378 g/mol. The topological polar surface area (TPSA) is 21.1 Å².